The molecular weight excluding hydrogens is 202 g/mol. The summed E-state index contributed by atoms with van der Waals surface area (Å²) >= 11 is 1.07. The molecule has 0 atom stereocenters. The van der Waals surface area contributed by atoms with Crippen LogP contribution in [-0.4, -0.2) is 17.7 Å². The highest BCUT2D eigenvalue weighted by molar-refractivity contribution is 8.17. The lowest BCUT2D eigenvalue weighted by molar-refractivity contribution is -0.142. The van der Waals surface area contributed by atoms with Gasteiger partial charge in [0, 0.05) is 0 Å². The third-order valence-electron chi connectivity index (χ3n) is 1.18. The molecule has 0 aliphatic carbocycles. The Bertz CT molecular complexity index is 241. The predicted octanol–water partition coefficient (Wildman–Crippen LogP) is 0.765. The van der Waals surface area contributed by atoms with Crippen LogP contribution in [0.2, 0.25) is 0 Å². The zero-order chi connectivity index (χ0) is 11.0. The number of hydrogen-bond acceptors (Lipinski definition) is 5. The van der Waals surface area contributed by atoms with Crippen LogP contribution in [0, 0.1) is 0 Å². The van der Waals surface area contributed by atoms with Crippen LogP contribution in [0.15, 0.2) is 16.6 Å². The number of hydrogen-bond donors (Lipinski definition) is 2. The van der Waals surface area contributed by atoms with Crippen molar-refractivity contribution in [2.24, 2.45) is 16.7 Å². The van der Waals surface area contributed by atoms with E-state index in [4.69, 9.17) is 16.3 Å². The molecule has 4 N–H and O–H groups in total. The van der Waals surface area contributed by atoms with Crippen LogP contribution in [0.25, 0.3) is 0 Å². The van der Waals surface area contributed by atoms with Crippen molar-refractivity contribution >= 4 is 22.9 Å². The smallest absolute Gasteiger partial charge is 0.310 e. The summed E-state index contributed by atoms with van der Waals surface area (Å²) in [6, 6.07) is 0. The van der Waals surface area contributed by atoms with Crippen LogP contribution >= 0.6 is 11.8 Å². The molecule has 6 heteroatoms. The number of ether oxygens (including phenoxy) is 1. The molecule has 0 aromatic heterocycles. The Labute approximate surface area is 87.5 Å². The number of thioether (sulfide) groups is 1. The van der Waals surface area contributed by atoms with Gasteiger partial charge < -0.3 is 16.3 Å². The molecule has 5 nitrogen and oxygen atoms in total. The maximum absolute atomic E-state index is 11.1. The zero-order valence-electron chi connectivity index (χ0n) is 8.16. The van der Waals surface area contributed by atoms with Crippen LogP contribution < -0.4 is 11.6 Å². The average molecular weight is 217 g/mol. The molecule has 0 saturated heterocycles. The molecule has 80 valence electrons. The van der Waals surface area contributed by atoms with Crippen molar-refractivity contribution in [3.8, 4) is 0 Å². The molecule has 0 bridgehead atoms. The summed E-state index contributed by atoms with van der Waals surface area (Å²) in [5.74, 6) is 4.61. The van der Waals surface area contributed by atoms with Gasteiger partial charge in [0.2, 0.25) is 0 Å². The first-order chi connectivity index (χ1) is 6.60. The number of rotatable bonds is 5. The summed E-state index contributed by atoms with van der Waals surface area (Å²) in [7, 11) is 0. The third kappa shape index (κ3) is 6.36. The van der Waals surface area contributed by atoms with Crippen LogP contribution in [-0.2, 0) is 9.53 Å². The van der Waals surface area contributed by atoms with Gasteiger partial charge in [0.1, 0.15) is 0 Å². The van der Waals surface area contributed by atoms with E-state index < -0.39 is 0 Å². The van der Waals surface area contributed by atoms with Crippen LogP contribution in [0.3, 0.4) is 0 Å². The second-order valence-corrected chi connectivity index (χ2v) is 3.71. The van der Waals surface area contributed by atoms with Gasteiger partial charge in [0.05, 0.1) is 13.0 Å². The van der Waals surface area contributed by atoms with Crippen molar-refractivity contribution in [3.63, 3.8) is 0 Å². The molecule has 0 unspecified atom stereocenters. The van der Waals surface area contributed by atoms with Gasteiger partial charge in [-0.25, -0.2) is 0 Å². The molecule has 0 spiro atoms. The minimum Gasteiger partial charge on any atom is -0.465 e. The van der Waals surface area contributed by atoms with Crippen molar-refractivity contribution in [3.05, 3.63) is 11.5 Å². The first-order valence-electron chi connectivity index (χ1n) is 4.14. The highest BCUT2D eigenvalue weighted by Crippen LogP contribution is 2.16. The Morgan fingerprint density at radius 3 is 2.79 bits per heavy atom. The molecule has 0 radical (unpaired) electrons. The number of carbonyl (C=O) groups excluding carboxylic acids is 1. The molecular formula is C8H15N3O2S. The van der Waals surface area contributed by atoms with Gasteiger partial charge in [-0.15, -0.1) is 0 Å². The van der Waals surface area contributed by atoms with Crippen molar-refractivity contribution in [1.82, 2.24) is 0 Å². The van der Waals surface area contributed by atoms with E-state index in [2.05, 4.69) is 11.7 Å². The normalized spacial score (nSPS) is 11.1. The maximum Gasteiger partial charge on any atom is 0.310 e. The first kappa shape index (κ1) is 12.8. The highest BCUT2D eigenvalue weighted by Gasteiger charge is 2.07. The summed E-state index contributed by atoms with van der Waals surface area (Å²) in [5, 5.41) is 3.42. The summed E-state index contributed by atoms with van der Waals surface area (Å²) in [6.45, 7) is 5.99. The largest absolute Gasteiger partial charge is 0.465 e. The number of hydrazone groups is 1. The monoisotopic (exact) mass is 217 g/mol. The number of amidine groups is 1. The van der Waals surface area contributed by atoms with Gasteiger partial charge in [-0.2, -0.15) is 5.10 Å². The second-order valence-electron chi connectivity index (χ2n) is 2.51. The van der Waals surface area contributed by atoms with E-state index >= 15 is 0 Å². The van der Waals surface area contributed by atoms with E-state index in [-0.39, 0.29) is 17.6 Å². The molecule has 0 aromatic carbocycles. The van der Waals surface area contributed by atoms with E-state index in [0.717, 1.165) is 18.2 Å². The van der Waals surface area contributed by atoms with Crippen LogP contribution in [0.5, 0.6) is 0 Å². The van der Waals surface area contributed by atoms with E-state index in [1.165, 1.54) is 0 Å². The van der Waals surface area contributed by atoms with Gasteiger partial charge in [0.25, 0.3) is 0 Å². The molecule has 0 aromatic rings. The number of nitrogens with zero attached hydrogens (tertiary/aromatic N) is 1. The number of esters is 1. The van der Waals surface area contributed by atoms with Crippen LogP contribution in [0.4, 0.5) is 0 Å². The van der Waals surface area contributed by atoms with Gasteiger partial charge in [-0.3, -0.25) is 4.79 Å². The molecule has 0 amide bonds. The molecule has 0 aliphatic heterocycles. The zero-order valence-corrected chi connectivity index (χ0v) is 8.97. The Balaban J connectivity index is 3.77. The van der Waals surface area contributed by atoms with Gasteiger partial charge in [-0.1, -0.05) is 25.3 Å². The summed E-state index contributed by atoms with van der Waals surface area (Å²) in [6.07, 6.45) is 0.929. The SMILES string of the molecule is C=C(CC(=O)OCCC)S/C(N)=N\N. The van der Waals surface area contributed by atoms with E-state index in [1.807, 2.05) is 6.92 Å². The standard InChI is InChI=1S/C8H15N3O2S/c1-3-4-13-7(12)5-6(2)14-8(9)11-10/h2-5,10H2,1H3,(H2,9,11). The van der Waals surface area contributed by atoms with Crippen molar-refractivity contribution in [2.75, 3.05) is 6.61 Å². The first-order valence-corrected chi connectivity index (χ1v) is 4.96. The summed E-state index contributed by atoms with van der Waals surface area (Å²) in [4.78, 5) is 11.6. The fraction of sp³-hybridized carbons (Fsp3) is 0.500. The Morgan fingerprint density at radius 2 is 2.29 bits per heavy atom. The molecule has 0 heterocycles. The quantitative estimate of drug-likeness (QED) is 0.233. The summed E-state index contributed by atoms with van der Waals surface area (Å²) < 4.78 is 4.85. The minimum atomic E-state index is -0.311. The van der Waals surface area contributed by atoms with Crippen molar-refractivity contribution in [2.45, 2.75) is 19.8 Å². The maximum atomic E-state index is 11.1. The van der Waals surface area contributed by atoms with Crippen molar-refractivity contribution < 1.29 is 9.53 Å². The fourth-order valence-corrected chi connectivity index (χ4v) is 1.18. The lowest BCUT2D eigenvalue weighted by Crippen LogP contribution is -2.11. The number of nitrogens with two attached hydrogens (primary N) is 2. The summed E-state index contributed by atoms with van der Waals surface area (Å²) in [5.41, 5.74) is 5.32. The van der Waals surface area contributed by atoms with Crippen LogP contribution in [0.1, 0.15) is 19.8 Å². The average Bonchev–Trinajstić information content (AvgIpc) is 2.14. The van der Waals surface area contributed by atoms with Gasteiger partial charge in [-0.05, 0) is 11.3 Å². The third-order valence-corrected chi connectivity index (χ3v) is 1.93. The highest BCUT2D eigenvalue weighted by atomic mass is 32.2. The Hall–Kier alpha value is -1.17. The fourth-order valence-electron chi connectivity index (χ4n) is 0.638. The topological polar surface area (TPSA) is 90.7 Å². The minimum absolute atomic E-state index is 0.126. The predicted molar refractivity (Wildman–Crippen MR) is 58.4 cm³/mol. The molecule has 14 heavy (non-hydrogen) atoms. The molecule has 0 rings (SSSR count). The second kappa shape index (κ2) is 7.25. The lowest BCUT2D eigenvalue weighted by Gasteiger charge is -2.04. The Kier molecular flexibility index (Phi) is 6.65. The van der Waals surface area contributed by atoms with Crippen molar-refractivity contribution in [1.29, 1.82) is 0 Å². The van der Waals surface area contributed by atoms with Gasteiger partial charge >= 0.3 is 5.97 Å². The number of carbonyl (C=O) groups is 1. The van der Waals surface area contributed by atoms with E-state index in [1.54, 1.807) is 0 Å². The molecule has 0 fully saturated rings. The Morgan fingerprint density at radius 1 is 1.64 bits per heavy atom. The van der Waals surface area contributed by atoms with E-state index in [9.17, 15) is 4.79 Å². The molecule has 0 aliphatic rings. The van der Waals surface area contributed by atoms with E-state index in [0.29, 0.717) is 11.5 Å². The van der Waals surface area contributed by atoms with Gasteiger partial charge in [0.15, 0.2) is 5.17 Å². The lowest BCUT2D eigenvalue weighted by atomic mass is 10.4. The molecule has 0 saturated carbocycles.